The lowest BCUT2D eigenvalue weighted by atomic mass is 10.2. The van der Waals surface area contributed by atoms with E-state index in [1.165, 1.54) is 0 Å². The molecule has 0 aliphatic carbocycles. The number of halogens is 1. The molecule has 0 saturated carbocycles. The van der Waals surface area contributed by atoms with Gasteiger partial charge >= 0.3 is 0 Å². The van der Waals surface area contributed by atoms with E-state index in [0.717, 1.165) is 5.56 Å². The fourth-order valence-electron chi connectivity index (χ4n) is 1.73. The van der Waals surface area contributed by atoms with Crippen molar-refractivity contribution in [3.05, 3.63) is 35.9 Å². The summed E-state index contributed by atoms with van der Waals surface area (Å²) in [5, 5.41) is 0. The summed E-state index contributed by atoms with van der Waals surface area (Å²) in [7, 11) is -1.04. The molecule has 0 saturated heterocycles. The minimum absolute atomic E-state index is 0.398. The van der Waals surface area contributed by atoms with Gasteiger partial charge in [-0.3, -0.25) is 0 Å². The predicted molar refractivity (Wildman–Crippen MR) is 76.1 cm³/mol. The Morgan fingerprint density at radius 3 is 2.12 bits per heavy atom. The molecular formula is C13H21ClNOP. The first kappa shape index (κ1) is 14.9. The summed E-state index contributed by atoms with van der Waals surface area (Å²) in [6.07, 6.45) is 0. The van der Waals surface area contributed by atoms with Crippen LogP contribution in [0, 0.1) is 0 Å². The Bertz CT molecular complexity index is 310. The van der Waals surface area contributed by atoms with Crippen molar-refractivity contribution < 1.29 is 4.52 Å². The SMILES string of the molecule is CC(C)N(C(C)C)P(Cl)OCc1ccccc1. The maximum atomic E-state index is 6.36. The van der Waals surface area contributed by atoms with Crippen molar-refractivity contribution in [3.8, 4) is 0 Å². The van der Waals surface area contributed by atoms with Gasteiger partial charge in [-0.1, -0.05) is 30.3 Å². The summed E-state index contributed by atoms with van der Waals surface area (Å²) in [5.41, 5.74) is 1.16. The quantitative estimate of drug-likeness (QED) is 0.691. The molecule has 0 fully saturated rings. The minimum Gasteiger partial charge on any atom is -0.327 e. The second kappa shape index (κ2) is 7.33. The highest BCUT2D eigenvalue weighted by Crippen LogP contribution is 2.49. The van der Waals surface area contributed by atoms with Crippen molar-refractivity contribution in [1.29, 1.82) is 0 Å². The van der Waals surface area contributed by atoms with Gasteiger partial charge in [-0.05, 0) is 44.5 Å². The Kier molecular flexibility index (Phi) is 6.43. The number of rotatable bonds is 6. The third-order valence-corrected chi connectivity index (χ3v) is 4.87. The molecule has 2 nitrogen and oxygen atoms in total. The van der Waals surface area contributed by atoms with Crippen molar-refractivity contribution in [2.75, 3.05) is 0 Å². The van der Waals surface area contributed by atoms with Crippen LogP contribution in [-0.2, 0) is 11.1 Å². The fraction of sp³-hybridized carbons (Fsp3) is 0.538. The average molecular weight is 274 g/mol. The molecule has 0 heterocycles. The van der Waals surface area contributed by atoms with Gasteiger partial charge in [0, 0.05) is 12.1 Å². The first-order chi connectivity index (χ1) is 8.02. The zero-order chi connectivity index (χ0) is 12.8. The van der Waals surface area contributed by atoms with Gasteiger partial charge < -0.3 is 4.52 Å². The van der Waals surface area contributed by atoms with Gasteiger partial charge in [0.2, 0.25) is 7.65 Å². The summed E-state index contributed by atoms with van der Waals surface area (Å²) < 4.78 is 7.98. The summed E-state index contributed by atoms with van der Waals surface area (Å²) >= 11 is 6.36. The van der Waals surface area contributed by atoms with Crippen LogP contribution in [0.2, 0.25) is 0 Å². The average Bonchev–Trinajstić information content (AvgIpc) is 2.27. The molecule has 17 heavy (non-hydrogen) atoms. The number of benzene rings is 1. The maximum Gasteiger partial charge on any atom is 0.207 e. The summed E-state index contributed by atoms with van der Waals surface area (Å²) in [6.45, 7) is 9.15. The Balaban J connectivity index is 2.50. The molecule has 0 amide bonds. The first-order valence-electron chi connectivity index (χ1n) is 5.93. The van der Waals surface area contributed by atoms with Crippen LogP contribution < -0.4 is 0 Å². The van der Waals surface area contributed by atoms with Crippen LogP contribution in [0.1, 0.15) is 33.3 Å². The molecule has 0 aromatic heterocycles. The molecule has 1 unspecified atom stereocenters. The predicted octanol–water partition coefficient (Wildman–Crippen LogP) is 4.79. The zero-order valence-electron chi connectivity index (χ0n) is 10.9. The third kappa shape index (κ3) is 4.93. The van der Waals surface area contributed by atoms with Crippen LogP contribution in [0.4, 0.5) is 0 Å². The highest BCUT2D eigenvalue weighted by molar-refractivity contribution is 7.78. The lowest BCUT2D eigenvalue weighted by Crippen LogP contribution is -2.31. The molecule has 4 heteroatoms. The van der Waals surface area contributed by atoms with E-state index in [2.05, 4.69) is 44.5 Å². The van der Waals surface area contributed by atoms with Crippen molar-refractivity contribution in [3.63, 3.8) is 0 Å². The Morgan fingerprint density at radius 1 is 1.12 bits per heavy atom. The second-order valence-electron chi connectivity index (χ2n) is 4.55. The molecule has 96 valence electrons. The molecule has 0 bridgehead atoms. The normalized spacial score (nSPS) is 13.6. The van der Waals surface area contributed by atoms with E-state index in [1.54, 1.807) is 0 Å². The van der Waals surface area contributed by atoms with Crippen molar-refractivity contribution in [2.45, 2.75) is 46.4 Å². The van der Waals surface area contributed by atoms with Crippen molar-refractivity contribution in [2.24, 2.45) is 0 Å². The van der Waals surface area contributed by atoms with Crippen molar-refractivity contribution in [1.82, 2.24) is 4.67 Å². The number of hydrogen-bond donors (Lipinski definition) is 0. The molecular weight excluding hydrogens is 253 g/mol. The smallest absolute Gasteiger partial charge is 0.207 e. The van der Waals surface area contributed by atoms with E-state index in [-0.39, 0.29) is 0 Å². The van der Waals surface area contributed by atoms with Gasteiger partial charge in [-0.2, -0.15) is 0 Å². The molecule has 1 rings (SSSR count). The lowest BCUT2D eigenvalue weighted by Gasteiger charge is -2.33. The van der Waals surface area contributed by atoms with Gasteiger partial charge in [-0.25, -0.2) is 4.67 Å². The zero-order valence-corrected chi connectivity index (χ0v) is 12.6. The van der Waals surface area contributed by atoms with Crippen LogP contribution in [0.15, 0.2) is 30.3 Å². The van der Waals surface area contributed by atoms with E-state index in [0.29, 0.717) is 18.7 Å². The van der Waals surface area contributed by atoms with E-state index in [4.69, 9.17) is 15.8 Å². The number of nitrogens with zero attached hydrogens (tertiary/aromatic N) is 1. The van der Waals surface area contributed by atoms with Crippen LogP contribution in [0.3, 0.4) is 0 Å². The highest BCUT2D eigenvalue weighted by atomic mass is 35.7. The highest BCUT2D eigenvalue weighted by Gasteiger charge is 2.23. The molecule has 0 aliphatic rings. The van der Waals surface area contributed by atoms with Crippen LogP contribution >= 0.6 is 18.9 Å². The minimum atomic E-state index is -1.04. The molecule has 1 aromatic rings. The van der Waals surface area contributed by atoms with Gasteiger partial charge in [-0.15, -0.1) is 0 Å². The number of hydrogen-bond acceptors (Lipinski definition) is 2. The monoisotopic (exact) mass is 273 g/mol. The molecule has 0 radical (unpaired) electrons. The standard InChI is InChI=1S/C13H21ClNOP/c1-11(2)15(12(3)4)17(14)16-10-13-8-6-5-7-9-13/h5-9,11-12H,10H2,1-4H3. The molecule has 1 atom stereocenters. The van der Waals surface area contributed by atoms with Gasteiger partial charge in [0.05, 0.1) is 6.61 Å². The molecule has 0 spiro atoms. The Labute approximate surface area is 111 Å². The van der Waals surface area contributed by atoms with Crippen LogP contribution in [-0.4, -0.2) is 16.8 Å². The topological polar surface area (TPSA) is 12.5 Å². The Hall–Kier alpha value is -0.140. The summed E-state index contributed by atoms with van der Waals surface area (Å²) in [6, 6.07) is 10.9. The third-order valence-electron chi connectivity index (χ3n) is 2.42. The summed E-state index contributed by atoms with van der Waals surface area (Å²) in [5.74, 6) is 0. The van der Waals surface area contributed by atoms with E-state index >= 15 is 0 Å². The fourth-order valence-corrected chi connectivity index (χ4v) is 4.04. The Morgan fingerprint density at radius 2 is 1.65 bits per heavy atom. The lowest BCUT2D eigenvalue weighted by molar-refractivity contribution is 0.257. The van der Waals surface area contributed by atoms with Crippen LogP contribution in [0.5, 0.6) is 0 Å². The van der Waals surface area contributed by atoms with E-state index in [1.807, 2.05) is 18.2 Å². The molecule has 0 N–H and O–H groups in total. The molecule has 0 aliphatic heterocycles. The maximum absolute atomic E-state index is 6.36. The van der Waals surface area contributed by atoms with Gasteiger partial charge in [0.15, 0.2) is 0 Å². The van der Waals surface area contributed by atoms with Gasteiger partial charge in [0.25, 0.3) is 0 Å². The summed E-state index contributed by atoms with van der Waals surface area (Å²) in [4.78, 5) is 0. The van der Waals surface area contributed by atoms with E-state index < -0.39 is 7.65 Å². The second-order valence-corrected chi connectivity index (χ2v) is 6.59. The largest absolute Gasteiger partial charge is 0.327 e. The van der Waals surface area contributed by atoms with E-state index in [9.17, 15) is 0 Å². The molecule has 1 aromatic carbocycles. The van der Waals surface area contributed by atoms with Crippen LogP contribution in [0.25, 0.3) is 0 Å². The van der Waals surface area contributed by atoms with Crippen molar-refractivity contribution >= 4 is 18.9 Å². The first-order valence-corrected chi connectivity index (χ1v) is 8.05. The van der Waals surface area contributed by atoms with Gasteiger partial charge in [0.1, 0.15) is 0 Å².